The highest BCUT2D eigenvalue weighted by Crippen LogP contribution is 2.24. The number of ether oxygens (including phenoxy) is 2. The number of anilines is 1. The van der Waals surface area contributed by atoms with Crippen LogP contribution in [0.1, 0.15) is 6.92 Å². The number of benzene rings is 1. The summed E-state index contributed by atoms with van der Waals surface area (Å²) < 4.78 is 10.9. The zero-order valence-electron chi connectivity index (χ0n) is 14.1. The molecule has 0 aliphatic carbocycles. The van der Waals surface area contributed by atoms with Gasteiger partial charge in [-0.2, -0.15) is 0 Å². The Labute approximate surface area is 145 Å². The molecule has 0 saturated carbocycles. The lowest BCUT2D eigenvalue weighted by Crippen LogP contribution is -2.50. The van der Waals surface area contributed by atoms with Gasteiger partial charge in [0.1, 0.15) is 31.1 Å². The summed E-state index contributed by atoms with van der Waals surface area (Å²) in [7, 11) is 0. The Morgan fingerprint density at radius 3 is 2.60 bits per heavy atom. The molecule has 2 aliphatic heterocycles. The number of allylic oxidation sites excluding steroid dienone is 1. The molecule has 0 atom stereocenters. The van der Waals surface area contributed by atoms with E-state index >= 15 is 0 Å². The van der Waals surface area contributed by atoms with Crippen molar-refractivity contribution in [3.05, 3.63) is 42.1 Å². The quantitative estimate of drug-likeness (QED) is 0.826. The molecule has 0 radical (unpaired) electrons. The minimum Gasteiger partial charge on any atom is -0.491 e. The van der Waals surface area contributed by atoms with Crippen LogP contribution < -0.4 is 4.90 Å². The standard InChI is InChI=1S/C18H20N4O3/c1-13-16(25-11-10-24-13)18(23)22-8-6-21(7-9-22)17-14-4-2-3-5-15(14)19-12-20-17/h2-5,12H,6-11H2,1H3. The molecule has 3 heterocycles. The summed E-state index contributed by atoms with van der Waals surface area (Å²) in [6.45, 7) is 5.38. The van der Waals surface area contributed by atoms with Crippen LogP contribution in [-0.2, 0) is 14.3 Å². The SMILES string of the molecule is CC1=C(C(=O)N2CCN(c3ncnc4ccccc34)CC2)OCCO1. The Kier molecular flexibility index (Phi) is 4.13. The summed E-state index contributed by atoms with van der Waals surface area (Å²) in [5.41, 5.74) is 0.930. The third kappa shape index (κ3) is 2.97. The zero-order chi connectivity index (χ0) is 17.2. The van der Waals surface area contributed by atoms with Gasteiger partial charge in [-0.15, -0.1) is 0 Å². The van der Waals surface area contributed by atoms with Gasteiger partial charge in [0.05, 0.1) is 5.52 Å². The molecule has 7 nitrogen and oxygen atoms in total. The number of fused-ring (bicyclic) bond motifs is 1. The number of hydrogen-bond acceptors (Lipinski definition) is 6. The van der Waals surface area contributed by atoms with Crippen LogP contribution in [0.3, 0.4) is 0 Å². The Hall–Kier alpha value is -2.83. The van der Waals surface area contributed by atoms with Crippen LogP contribution in [0.2, 0.25) is 0 Å². The number of aromatic nitrogens is 2. The maximum Gasteiger partial charge on any atom is 0.292 e. The van der Waals surface area contributed by atoms with Crippen LogP contribution >= 0.6 is 0 Å². The highest BCUT2D eigenvalue weighted by Gasteiger charge is 2.28. The molecule has 0 unspecified atom stereocenters. The van der Waals surface area contributed by atoms with Crippen LogP contribution in [0.25, 0.3) is 10.9 Å². The highest BCUT2D eigenvalue weighted by molar-refractivity contribution is 5.92. The molecule has 2 aliphatic rings. The highest BCUT2D eigenvalue weighted by atomic mass is 16.6. The summed E-state index contributed by atoms with van der Waals surface area (Å²) in [6.07, 6.45) is 1.59. The summed E-state index contributed by atoms with van der Waals surface area (Å²) >= 11 is 0. The molecule has 1 aromatic heterocycles. The van der Waals surface area contributed by atoms with Gasteiger partial charge in [-0.25, -0.2) is 9.97 Å². The van der Waals surface area contributed by atoms with E-state index in [4.69, 9.17) is 9.47 Å². The summed E-state index contributed by atoms with van der Waals surface area (Å²) in [5.74, 6) is 1.74. The lowest BCUT2D eigenvalue weighted by molar-refractivity contribution is -0.133. The fraction of sp³-hybridized carbons (Fsp3) is 0.389. The van der Waals surface area contributed by atoms with Crippen molar-refractivity contribution < 1.29 is 14.3 Å². The molecule has 0 spiro atoms. The number of carbonyl (C=O) groups is 1. The number of hydrogen-bond donors (Lipinski definition) is 0. The number of amides is 1. The van der Waals surface area contributed by atoms with Crippen LogP contribution in [0, 0.1) is 0 Å². The van der Waals surface area contributed by atoms with Gasteiger partial charge in [-0.1, -0.05) is 12.1 Å². The predicted octanol–water partition coefficient (Wildman–Crippen LogP) is 1.56. The summed E-state index contributed by atoms with van der Waals surface area (Å²) in [5, 5.41) is 1.03. The predicted molar refractivity (Wildman–Crippen MR) is 92.9 cm³/mol. The molecule has 1 saturated heterocycles. The van der Waals surface area contributed by atoms with E-state index in [1.807, 2.05) is 29.2 Å². The van der Waals surface area contributed by atoms with Crippen LogP contribution in [0.4, 0.5) is 5.82 Å². The first-order valence-electron chi connectivity index (χ1n) is 8.44. The molecule has 1 aromatic carbocycles. The lowest BCUT2D eigenvalue weighted by atomic mass is 10.2. The van der Waals surface area contributed by atoms with Crippen molar-refractivity contribution in [2.24, 2.45) is 0 Å². The topological polar surface area (TPSA) is 67.8 Å². The Morgan fingerprint density at radius 1 is 1.04 bits per heavy atom. The van der Waals surface area contributed by atoms with Crippen molar-refractivity contribution in [2.45, 2.75) is 6.92 Å². The van der Waals surface area contributed by atoms with Gasteiger partial charge >= 0.3 is 0 Å². The number of nitrogens with zero attached hydrogens (tertiary/aromatic N) is 4. The smallest absolute Gasteiger partial charge is 0.292 e. The average molecular weight is 340 g/mol. The van der Waals surface area contributed by atoms with Crippen LogP contribution in [-0.4, -0.2) is 60.2 Å². The van der Waals surface area contributed by atoms with Crippen LogP contribution in [0.5, 0.6) is 0 Å². The van der Waals surface area contributed by atoms with E-state index < -0.39 is 0 Å². The Bertz CT molecular complexity index is 823. The minimum absolute atomic E-state index is 0.0932. The second-order valence-corrected chi connectivity index (χ2v) is 6.08. The lowest BCUT2D eigenvalue weighted by Gasteiger charge is -2.36. The van der Waals surface area contributed by atoms with E-state index in [-0.39, 0.29) is 5.91 Å². The number of rotatable bonds is 2. The molecular formula is C18H20N4O3. The normalized spacial score (nSPS) is 18.1. The van der Waals surface area contributed by atoms with Gasteiger partial charge in [0.15, 0.2) is 0 Å². The molecule has 25 heavy (non-hydrogen) atoms. The number of carbonyl (C=O) groups excluding carboxylic acids is 1. The molecule has 4 rings (SSSR count). The summed E-state index contributed by atoms with van der Waals surface area (Å²) in [6, 6.07) is 7.97. The second kappa shape index (κ2) is 6.58. The third-order valence-corrected chi connectivity index (χ3v) is 4.55. The zero-order valence-corrected chi connectivity index (χ0v) is 14.1. The Morgan fingerprint density at radius 2 is 1.80 bits per heavy atom. The molecular weight excluding hydrogens is 320 g/mol. The van der Waals surface area contributed by atoms with Crippen LogP contribution in [0.15, 0.2) is 42.1 Å². The van der Waals surface area contributed by atoms with Crippen molar-refractivity contribution in [3.8, 4) is 0 Å². The molecule has 7 heteroatoms. The largest absolute Gasteiger partial charge is 0.491 e. The Balaban J connectivity index is 1.49. The third-order valence-electron chi connectivity index (χ3n) is 4.55. The van der Waals surface area contributed by atoms with Gasteiger partial charge in [0, 0.05) is 31.6 Å². The maximum absolute atomic E-state index is 12.6. The van der Waals surface area contributed by atoms with Gasteiger partial charge in [0.2, 0.25) is 5.76 Å². The summed E-state index contributed by atoms with van der Waals surface area (Å²) in [4.78, 5) is 25.4. The van der Waals surface area contributed by atoms with Crippen molar-refractivity contribution in [2.75, 3.05) is 44.3 Å². The van der Waals surface area contributed by atoms with E-state index in [9.17, 15) is 4.79 Å². The van der Waals surface area contributed by atoms with Crippen molar-refractivity contribution in [1.82, 2.24) is 14.9 Å². The van der Waals surface area contributed by atoms with E-state index in [1.165, 1.54) is 0 Å². The first kappa shape index (κ1) is 15.7. The average Bonchev–Trinajstić information content (AvgIpc) is 2.67. The van der Waals surface area contributed by atoms with Gasteiger partial charge in [-0.3, -0.25) is 4.79 Å². The monoisotopic (exact) mass is 340 g/mol. The van der Waals surface area contributed by atoms with Gasteiger partial charge in [-0.05, 0) is 19.1 Å². The fourth-order valence-corrected chi connectivity index (χ4v) is 3.23. The van der Waals surface area contributed by atoms with E-state index in [2.05, 4.69) is 14.9 Å². The molecule has 2 aromatic rings. The molecule has 1 amide bonds. The van der Waals surface area contributed by atoms with E-state index in [1.54, 1.807) is 13.3 Å². The molecule has 0 N–H and O–H groups in total. The van der Waals surface area contributed by atoms with Gasteiger partial charge in [0.25, 0.3) is 5.91 Å². The van der Waals surface area contributed by atoms with Gasteiger partial charge < -0.3 is 19.3 Å². The maximum atomic E-state index is 12.6. The minimum atomic E-state index is -0.0932. The first-order chi connectivity index (χ1) is 12.2. The fourth-order valence-electron chi connectivity index (χ4n) is 3.23. The van der Waals surface area contributed by atoms with E-state index in [0.29, 0.717) is 37.8 Å². The van der Waals surface area contributed by atoms with E-state index in [0.717, 1.165) is 29.8 Å². The van der Waals surface area contributed by atoms with Crippen molar-refractivity contribution >= 4 is 22.6 Å². The molecule has 1 fully saturated rings. The number of para-hydroxylation sites is 1. The van der Waals surface area contributed by atoms with Crippen molar-refractivity contribution in [3.63, 3.8) is 0 Å². The second-order valence-electron chi connectivity index (χ2n) is 6.08. The molecule has 0 bridgehead atoms. The first-order valence-corrected chi connectivity index (χ1v) is 8.44. The number of piperazine rings is 1. The molecule has 130 valence electrons. The van der Waals surface area contributed by atoms with Crippen molar-refractivity contribution in [1.29, 1.82) is 0 Å².